The maximum absolute atomic E-state index is 11.4. The van der Waals surface area contributed by atoms with Crippen molar-refractivity contribution in [3.63, 3.8) is 0 Å². The van der Waals surface area contributed by atoms with E-state index in [0.29, 0.717) is 17.9 Å². The highest BCUT2D eigenvalue weighted by Gasteiger charge is 2.18. The van der Waals surface area contributed by atoms with Crippen LogP contribution in [0.5, 0.6) is 5.75 Å². The summed E-state index contributed by atoms with van der Waals surface area (Å²) in [5.74, 6) is 0.204. The van der Waals surface area contributed by atoms with Crippen LogP contribution in [0, 0.1) is 13.8 Å². The zero-order valence-electron chi connectivity index (χ0n) is 16.1. The van der Waals surface area contributed by atoms with E-state index >= 15 is 0 Å². The summed E-state index contributed by atoms with van der Waals surface area (Å²) in [4.78, 5) is 11.4. The minimum absolute atomic E-state index is 0.159. The smallest absolute Gasteiger partial charge is 0.337 e. The summed E-state index contributed by atoms with van der Waals surface area (Å²) in [5, 5.41) is 10.4. The molecule has 0 aliphatic carbocycles. The molecule has 6 nitrogen and oxygen atoms in total. The molecule has 1 aromatic heterocycles. The summed E-state index contributed by atoms with van der Waals surface area (Å²) < 4.78 is 14.4. The minimum atomic E-state index is -0.664. The Morgan fingerprint density at radius 3 is 2.52 bits per heavy atom. The number of methoxy groups -OCH3 is 1. The fraction of sp³-hybridized carbons (Fsp3) is 0.333. The Bertz CT molecular complexity index is 960. The number of benzene rings is 2. The SMILES string of the molecule is COC(=O)c1ccc(OC[C@H](O)Cn2c[n+](C)c3cc(C)c(C)cc32)cc1. The van der Waals surface area contributed by atoms with Crippen LogP contribution in [0.15, 0.2) is 42.7 Å². The first-order chi connectivity index (χ1) is 12.9. The van der Waals surface area contributed by atoms with Crippen LogP contribution in [-0.2, 0) is 18.3 Å². The monoisotopic (exact) mass is 369 g/mol. The maximum Gasteiger partial charge on any atom is 0.337 e. The van der Waals surface area contributed by atoms with Crippen molar-refractivity contribution in [2.75, 3.05) is 13.7 Å². The van der Waals surface area contributed by atoms with Crippen LogP contribution < -0.4 is 9.30 Å². The van der Waals surface area contributed by atoms with Gasteiger partial charge in [0.05, 0.1) is 19.7 Å². The summed E-state index contributed by atoms with van der Waals surface area (Å²) in [6.07, 6.45) is 1.32. The van der Waals surface area contributed by atoms with E-state index in [9.17, 15) is 9.90 Å². The average molecular weight is 369 g/mol. The van der Waals surface area contributed by atoms with Gasteiger partial charge >= 0.3 is 5.97 Å². The van der Waals surface area contributed by atoms with Crippen LogP contribution in [0.4, 0.5) is 0 Å². The number of fused-ring (bicyclic) bond motifs is 1. The highest BCUT2D eigenvalue weighted by atomic mass is 16.5. The van der Waals surface area contributed by atoms with Crippen molar-refractivity contribution in [3.05, 3.63) is 59.4 Å². The van der Waals surface area contributed by atoms with E-state index in [1.807, 2.05) is 17.9 Å². The van der Waals surface area contributed by atoms with E-state index in [1.54, 1.807) is 24.3 Å². The molecule has 0 bridgehead atoms. The second-order valence-electron chi connectivity index (χ2n) is 6.78. The van der Waals surface area contributed by atoms with E-state index in [1.165, 1.54) is 18.2 Å². The zero-order chi connectivity index (χ0) is 19.6. The zero-order valence-corrected chi connectivity index (χ0v) is 16.1. The topological polar surface area (TPSA) is 64.6 Å². The number of carbonyl (C=O) groups is 1. The standard InChI is InChI=1S/C21H25N2O4/c1-14-9-19-20(10-15(14)2)23(13-22(19)3)11-17(24)12-27-18-7-5-16(6-8-18)21(25)26-4/h5-10,13,17,24H,11-12H2,1-4H3/q+1/t17-/m1/s1. The Balaban J connectivity index is 1.66. The fourth-order valence-electron chi connectivity index (χ4n) is 3.05. The van der Waals surface area contributed by atoms with E-state index < -0.39 is 6.10 Å². The molecular formula is C21H25N2O4+. The lowest BCUT2D eigenvalue weighted by Gasteiger charge is -2.11. The van der Waals surface area contributed by atoms with Crippen LogP contribution in [0.3, 0.4) is 0 Å². The van der Waals surface area contributed by atoms with Crippen LogP contribution in [0.25, 0.3) is 11.0 Å². The number of aromatic nitrogens is 2. The van der Waals surface area contributed by atoms with Crippen molar-refractivity contribution in [2.24, 2.45) is 7.05 Å². The molecule has 27 heavy (non-hydrogen) atoms. The number of nitrogens with zero attached hydrogens (tertiary/aromatic N) is 2. The van der Waals surface area contributed by atoms with Gasteiger partial charge in [-0.2, -0.15) is 0 Å². The molecule has 0 saturated heterocycles. The number of imidazole rings is 1. The van der Waals surface area contributed by atoms with E-state index in [4.69, 9.17) is 4.74 Å². The number of aliphatic hydroxyl groups excluding tert-OH is 1. The molecule has 0 radical (unpaired) electrons. The second kappa shape index (κ2) is 7.80. The number of carbonyl (C=O) groups excluding carboxylic acids is 1. The lowest BCUT2D eigenvalue weighted by atomic mass is 10.1. The quantitative estimate of drug-likeness (QED) is 0.535. The fourth-order valence-corrected chi connectivity index (χ4v) is 3.05. The molecule has 6 heteroatoms. The molecule has 0 fully saturated rings. The Kier molecular flexibility index (Phi) is 5.46. The van der Waals surface area contributed by atoms with Gasteiger partial charge in [0.15, 0.2) is 11.0 Å². The molecule has 0 spiro atoms. The van der Waals surface area contributed by atoms with Crippen molar-refractivity contribution < 1.29 is 23.9 Å². The third-order valence-corrected chi connectivity index (χ3v) is 4.72. The maximum atomic E-state index is 11.4. The normalized spacial score (nSPS) is 12.2. The lowest BCUT2D eigenvalue weighted by Crippen LogP contribution is -2.27. The summed E-state index contributed by atoms with van der Waals surface area (Å²) in [6, 6.07) is 11.0. The molecule has 0 aliphatic rings. The van der Waals surface area contributed by atoms with Crippen LogP contribution in [0.2, 0.25) is 0 Å². The van der Waals surface area contributed by atoms with Gasteiger partial charge in [-0.15, -0.1) is 0 Å². The van der Waals surface area contributed by atoms with Crippen LogP contribution in [0.1, 0.15) is 21.5 Å². The third-order valence-electron chi connectivity index (χ3n) is 4.72. The number of hydrogen-bond donors (Lipinski definition) is 1. The Hall–Kier alpha value is -2.86. The first kappa shape index (κ1) is 18.9. The first-order valence-electron chi connectivity index (χ1n) is 8.84. The number of ether oxygens (including phenoxy) is 2. The predicted molar refractivity (Wildman–Crippen MR) is 102 cm³/mol. The number of hydrogen-bond acceptors (Lipinski definition) is 4. The Morgan fingerprint density at radius 1 is 1.19 bits per heavy atom. The van der Waals surface area contributed by atoms with Crippen molar-refractivity contribution >= 4 is 17.0 Å². The molecule has 1 N–H and O–H groups in total. The predicted octanol–water partition coefficient (Wildman–Crippen LogP) is 2.31. The van der Waals surface area contributed by atoms with Crippen molar-refractivity contribution in [1.29, 1.82) is 0 Å². The van der Waals surface area contributed by atoms with Gasteiger partial charge in [-0.3, -0.25) is 0 Å². The van der Waals surface area contributed by atoms with Gasteiger partial charge in [0.1, 0.15) is 25.0 Å². The van der Waals surface area contributed by atoms with Crippen molar-refractivity contribution in [3.8, 4) is 5.75 Å². The van der Waals surface area contributed by atoms with E-state index in [0.717, 1.165) is 11.0 Å². The van der Waals surface area contributed by atoms with Gasteiger partial charge < -0.3 is 14.6 Å². The number of aliphatic hydroxyl groups is 1. The highest BCUT2D eigenvalue weighted by molar-refractivity contribution is 5.89. The molecular weight excluding hydrogens is 344 g/mol. The van der Waals surface area contributed by atoms with Gasteiger partial charge in [-0.25, -0.2) is 13.9 Å². The summed E-state index contributed by atoms with van der Waals surface area (Å²) in [6.45, 7) is 4.77. The number of rotatable bonds is 6. The number of aryl methyl sites for hydroxylation is 3. The van der Waals surface area contributed by atoms with Crippen molar-refractivity contribution in [2.45, 2.75) is 26.5 Å². The second-order valence-corrected chi connectivity index (χ2v) is 6.78. The highest BCUT2D eigenvalue weighted by Crippen LogP contribution is 2.18. The summed E-state index contributed by atoms with van der Waals surface area (Å²) in [7, 11) is 3.34. The van der Waals surface area contributed by atoms with Gasteiger partial charge in [-0.1, -0.05) is 0 Å². The molecule has 0 saturated carbocycles. The van der Waals surface area contributed by atoms with E-state index in [-0.39, 0.29) is 12.6 Å². The summed E-state index contributed by atoms with van der Waals surface area (Å²) >= 11 is 0. The molecule has 0 amide bonds. The molecule has 3 rings (SSSR count). The Labute approximate surface area is 158 Å². The van der Waals surface area contributed by atoms with Crippen LogP contribution in [-0.4, -0.2) is 35.5 Å². The molecule has 142 valence electrons. The average Bonchev–Trinajstić information content (AvgIpc) is 2.95. The molecule has 1 heterocycles. The minimum Gasteiger partial charge on any atom is -0.491 e. The van der Waals surface area contributed by atoms with Gasteiger partial charge in [0.25, 0.3) is 0 Å². The van der Waals surface area contributed by atoms with Crippen LogP contribution >= 0.6 is 0 Å². The Morgan fingerprint density at radius 2 is 1.85 bits per heavy atom. The lowest BCUT2D eigenvalue weighted by molar-refractivity contribution is -0.645. The molecule has 2 aromatic carbocycles. The molecule has 0 unspecified atom stereocenters. The summed E-state index contributed by atoms with van der Waals surface area (Å²) in [5.41, 5.74) is 5.14. The van der Waals surface area contributed by atoms with Gasteiger partial charge in [0, 0.05) is 0 Å². The third kappa shape index (κ3) is 4.11. The largest absolute Gasteiger partial charge is 0.491 e. The molecule has 3 aromatic rings. The van der Waals surface area contributed by atoms with E-state index in [2.05, 4.69) is 35.3 Å². The van der Waals surface area contributed by atoms with Gasteiger partial charge in [-0.05, 0) is 61.4 Å². The molecule has 1 atom stereocenters. The van der Waals surface area contributed by atoms with Crippen molar-refractivity contribution in [1.82, 2.24) is 4.57 Å². The first-order valence-corrected chi connectivity index (χ1v) is 8.84. The number of esters is 1. The van der Waals surface area contributed by atoms with Gasteiger partial charge in [0.2, 0.25) is 6.33 Å². The molecule has 0 aliphatic heterocycles.